The maximum Gasteiger partial charge on any atom is 0.133 e. The smallest absolute Gasteiger partial charge is 0.133 e. The first-order chi connectivity index (χ1) is 9.15. The van der Waals surface area contributed by atoms with Gasteiger partial charge in [-0.15, -0.1) is 0 Å². The van der Waals surface area contributed by atoms with E-state index >= 15 is 0 Å². The molecule has 0 saturated heterocycles. The Morgan fingerprint density at radius 2 is 2.26 bits per heavy atom. The van der Waals surface area contributed by atoms with Crippen molar-refractivity contribution >= 4 is 21.7 Å². The number of nitrogens with zero attached hydrogens (tertiary/aromatic N) is 2. The largest absolute Gasteiger partial charge is 0.492 e. The Labute approximate surface area is 120 Å². The van der Waals surface area contributed by atoms with Crippen LogP contribution in [0, 0.1) is 5.92 Å². The van der Waals surface area contributed by atoms with E-state index in [9.17, 15) is 0 Å². The summed E-state index contributed by atoms with van der Waals surface area (Å²) in [6, 6.07) is 6.02. The summed E-state index contributed by atoms with van der Waals surface area (Å²) in [7, 11) is 1.83. The number of aryl methyl sites for hydroxylation is 1. The fourth-order valence-electron chi connectivity index (χ4n) is 1.95. The van der Waals surface area contributed by atoms with Crippen LogP contribution in [0.25, 0.3) is 11.1 Å². The highest BCUT2D eigenvalue weighted by molar-refractivity contribution is 9.10. The third-order valence-electron chi connectivity index (χ3n) is 3.40. The molecule has 1 fully saturated rings. The first-order valence-corrected chi connectivity index (χ1v) is 7.14. The molecule has 1 saturated carbocycles. The van der Waals surface area contributed by atoms with Crippen molar-refractivity contribution in [2.75, 3.05) is 12.3 Å². The minimum Gasteiger partial charge on any atom is -0.492 e. The van der Waals surface area contributed by atoms with Crippen molar-refractivity contribution in [1.29, 1.82) is 0 Å². The maximum absolute atomic E-state index is 5.98. The van der Waals surface area contributed by atoms with Crippen LogP contribution in [0.5, 0.6) is 5.75 Å². The van der Waals surface area contributed by atoms with Crippen molar-refractivity contribution in [2.45, 2.75) is 12.8 Å². The van der Waals surface area contributed by atoms with Crippen LogP contribution < -0.4 is 10.5 Å². The molecule has 2 aromatic rings. The number of hydrogen-bond acceptors (Lipinski definition) is 3. The second-order valence-corrected chi connectivity index (χ2v) is 5.82. The summed E-state index contributed by atoms with van der Waals surface area (Å²) >= 11 is 3.55. The minimum atomic E-state index is 0.665. The number of aromatic nitrogens is 2. The molecule has 0 amide bonds. The quantitative estimate of drug-likeness (QED) is 0.940. The van der Waals surface area contributed by atoms with E-state index in [1.807, 2.05) is 25.2 Å². The summed E-state index contributed by atoms with van der Waals surface area (Å²) in [5.41, 5.74) is 7.96. The summed E-state index contributed by atoms with van der Waals surface area (Å²) in [6.07, 6.45) is 4.37. The number of hydrogen-bond donors (Lipinski definition) is 1. The van der Waals surface area contributed by atoms with E-state index in [2.05, 4.69) is 21.0 Å². The predicted octanol–water partition coefficient (Wildman–Crippen LogP) is 3.22. The van der Waals surface area contributed by atoms with Crippen molar-refractivity contribution < 1.29 is 4.74 Å². The monoisotopic (exact) mass is 321 g/mol. The lowest BCUT2D eigenvalue weighted by molar-refractivity contribution is 0.298. The zero-order valence-electron chi connectivity index (χ0n) is 10.8. The topological polar surface area (TPSA) is 53.1 Å². The van der Waals surface area contributed by atoms with Crippen LogP contribution >= 0.6 is 15.9 Å². The Hall–Kier alpha value is -1.49. The van der Waals surface area contributed by atoms with Gasteiger partial charge in [0.1, 0.15) is 11.6 Å². The summed E-state index contributed by atoms with van der Waals surface area (Å²) in [4.78, 5) is 0. The van der Waals surface area contributed by atoms with E-state index in [0.29, 0.717) is 5.82 Å². The van der Waals surface area contributed by atoms with E-state index < -0.39 is 0 Å². The van der Waals surface area contributed by atoms with Crippen LogP contribution in [0.15, 0.2) is 28.9 Å². The van der Waals surface area contributed by atoms with Gasteiger partial charge in [-0.2, -0.15) is 5.10 Å². The number of nitrogen functional groups attached to an aromatic ring is 1. The van der Waals surface area contributed by atoms with E-state index in [-0.39, 0.29) is 0 Å². The molecule has 19 heavy (non-hydrogen) atoms. The average Bonchev–Trinajstić information content (AvgIpc) is 3.16. The summed E-state index contributed by atoms with van der Waals surface area (Å²) in [5, 5.41) is 4.16. The van der Waals surface area contributed by atoms with Gasteiger partial charge in [-0.3, -0.25) is 4.68 Å². The van der Waals surface area contributed by atoms with Gasteiger partial charge >= 0.3 is 0 Å². The predicted molar refractivity (Wildman–Crippen MR) is 79.0 cm³/mol. The molecule has 1 aliphatic carbocycles. The Kier molecular flexibility index (Phi) is 3.22. The fraction of sp³-hybridized carbons (Fsp3) is 0.357. The van der Waals surface area contributed by atoms with Crippen molar-refractivity contribution in [1.82, 2.24) is 9.78 Å². The Bertz CT molecular complexity index is 605. The van der Waals surface area contributed by atoms with E-state index in [1.54, 1.807) is 10.9 Å². The first-order valence-electron chi connectivity index (χ1n) is 6.35. The number of anilines is 1. The maximum atomic E-state index is 5.98. The summed E-state index contributed by atoms with van der Waals surface area (Å²) < 4.78 is 8.41. The van der Waals surface area contributed by atoms with Gasteiger partial charge in [0.15, 0.2) is 0 Å². The van der Waals surface area contributed by atoms with Crippen LogP contribution in [0.1, 0.15) is 12.8 Å². The third kappa shape index (κ3) is 2.61. The molecule has 2 N–H and O–H groups in total. The van der Waals surface area contributed by atoms with Gasteiger partial charge in [0, 0.05) is 12.6 Å². The average molecular weight is 322 g/mol. The standard InChI is InChI=1S/C14H16BrN3O/c1-18-14(16)11(7-17-18)10-4-5-13(12(15)6-10)19-8-9-2-3-9/h4-7,9H,2-3,8,16H2,1H3. The van der Waals surface area contributed by atoms with Gasteiger partial charge in [-0.05, 0) is 52.4 Å². The lowest BCUT2D eigenvalue weighted by atomic mass is 10.1. The SMILES string of the molecule is Cn1ncc(-c2ccc(OCC3CC3)c(Br)c2)c1N. The van der Waals surface area contributed by atoms with E-state index in [1.165, 1.54) is 12.8 Å². The lowest BCUT2D eigenvalue weighted by Gasteiger charge is -2.09. The van der Waals surface area contributed by atoms with Gasteiger partial charge in [0.2, 0.25) is 0 Å². The highest BCUT2D eigenvalue weighted by Gasteiger charge is 2.22. The molecule has 0 bridgehead atoms. The molecular weight excluding hydrogens is 306 g/mol. The third-order valence-corrected chi connectivity index (χ3v) is 4.02. The van der Waals surface area contributed by atoms with Gasteiger partial charge < -0.3 is 10.5 Å². The highest BCUT2D eigenvalue weighted by Crippen LogP contribution is 2.35. The van der Waals surface area contributed by atoms with Crippen molar-refractivity contribution in [3.8, 4) is 16.9 Å². The Morgan fingerprint density at radius 1 is 1.47 bits per heavy atom. The molecule has 0 radical (unpaired) electrons. The molecule has 0 unspecified atom stereocenters. The molecule has 1 heterocycles. The molecule has 3 rings (SSSR count). The minimum absolute atomic E-state index is 0.665. The normalized spacial score (nSPS) is 14.6. The van der Waals surface area contributed by atoms with Crippen molar-refractivity contribution in [3.63, 3.8) is 0 Å². The number of halogens is 1. The molecule has 4 nitrogen and oxygen atoms in total. The van der Waals surface area contributed by atoms with Gasteiger partial charge in [-0.1, -0.05) is 6.07 Å². The van der Waals surface area contributed by atoms with E-state index in [0.717, 1.165) is 33.9 Å². The molecule has 100 valence electrons. The Morgan fingerprint density at radius 3 is 2.84 bits per heavy atom. The van der Waals surface area contributed by atoms with Crippen LogP contribution in [0.3, 0.4) is 0 Å². The van der Waals surface area contributed by atoms with Crippen LogP contribution in [-0.2, 0) is 7.05 Å². The second kappa shape index (κ2) is 4.89. The number of benzene rings is 1. The number of rotatable bonds is 4. The second-order valence-electron chi connectivity index (χ2n) is 4.97. The van der Waals surface area contributed by atoms with Gasteiger partial charge in [0.25, 0.3) is 0 Å². The molecule has 0 aliphatic heterocycles. The van der Waals surface area contributed by atoms with Gasteiger partial charge in [0.05, 0.1) is 17.3 Å². The number of nitrogens with two attached hydrogens (primary N) is 1. The Balaban J connectivity index is 1.83. The van der Waals surface area contributed by atoms with Gasteiger partial charge in [-0.25, -0.2) is 0 Å². The zero-order valence-corrected chi connectivity index (χ0v) is 12.4. The van der Waals surface area contributed by atoms with Crippen LogP contribution in [-0.4, -0.2) is 16.4 Å². The lowest BCUT2D eigenvalue weighted by Crippen LogP contribution is -2.00. The molecule has 1 aliphatic rings. The first kappa shape index (κ1) is 12.5. The van der Waals surface area contributed by atoms with E-state index in [4.69, 9.17) is 10.5 Å². The molecule has 5 heteroatoms. The highest BCUT2D eigenvalue weighted by atomic mass is 79.9. The van der Waals surface area contributed by atoms with Crippen molar-refractivity contribution in [2.24, 2.45) is 13.0 Å². The molecule has 1 aromatic heterocycles. The van der Waals surface area contributed by atoms with Crippen LogP contribution in [0.4, 0.5) is 5.82 Å². The fourth-order valence-corrected chi connectivity index (χ4v) is 2.44. The zero-order chi connectivity index (χ0) is 13.4. The molecule has 1 aromatic carbocycles. The summed E-state index contributed by atoms with van der Waals surface area (Å²) in [5.74, 6) is 2.30. The molecule has 0 atom stereocenters. The van der Waals surface area contributed by atoms with Crippen molar-refractivity contribution in [3.05, 3.63) is 28.9 Å². The molecule has 0 spiro atoms. The van der Waals surface area contributed by atoms with Crippen LogP contribution in [0.2, 0.25) is 0 Å². The molecular formula is C14H16BrN3O. The number of ether oxygens (including phenoxy) is 1. The summed E-state index contributed by atoms with van der Waals surface area (Å²) in [6.45, 7) is 0.812.